The lowest BCUT2D eigenvalue weighted by Crippen LogP contribution is -2.22. The molecule has 5 N–H and O–H groups in total. The maximum Gasteiger partial charge on any atom is 0.202 e. The first kappa shape index (κ1) is 15.8. The molecule has 0 heterocycles. The number of rotatable bonds is 3. The van der Waals surface area contributed by atoms with Gasteiger partial charge in [0.15, 0.2) is 11.5 Å². The van der Waals surface area contributed by atoms with Crippen molar-refractivity contribution < 1.29 is 30.0 Å². The number of carbonyl (C=O) groups is 2. The summed E-state index contributed by atoms with van der Waals surface area (Å²) in [6.07, 6.45) is 0. The number of ketones is 2. The van der Waals surface area contributed by atoms with Gasteiger partial charge in [0.1, 0.15) is 17.2 Å². The number of carbonyl (C=O) groups excluding carboxylic acids is 2. The molecule has 0 aromatic heterocycles. The van der Waals surface area contributed by atoms with Crippen LogP contribution in [-0.2, 0) is 0 Å². The molecular formula is C17H15NO6. The number of anilines is 1. The number of fused-ring (bicyclic) bond motifs is 2. The average molecular weight is 329 g/mol. The van der Waals surface area contributed by atoms with Crippen LogP contribution in [0.3, 0.4) is 0 Å². The van der Waals surface area contributed by atoms with Crippen molar-refractivity contribution in [2.45, 2.75) is 6.92 Å². The maximum absolute atomic E-state index is 12.7. The fourth-order valence-corrected chi connectivity index (χ4v) is 2.87. The summed E-state index contributed by atoms with van der Waals surface area (Å²) in [6.45, 7) is 1.44. The number of hydrogen-bond acceptors (Lipinski definition) is 7. The summed E-state index contributed by atoms with van der Waals surface area (Å²) in [5.41, 5.74) is -0.122. The van der Waals surface area contributed by atoms with Gasteiger partial charge in [-0.05, 0) is 30.7 Å². The molecule has 0 spiro atoms. The third-order valence-electron chi connectivity index (χ3n) is 3.90. The summed E-state index contributed by atoms with van der Waals surface area (Å²) < 4.78 is 0. The zero-order valence-corrected chi connectivity index (χ0v) is 12.8. The molecule has 0 bridgehead atoms. The van der Waals surface area contributed by atoms with Crippen LogP contribution in [-0.4, -0.2) is 45.1 Å². The van der Waals surface area contributed by atoms with E-state index < -0.39 is 23.1 Å². The Morgan fingerprint density at radius 2 is 1.58 bits per heavy atom. The van der Waals surface area contributed by atoms with Crippen molar-refractivity contribution in [1.82, 2.24) is 0 Å². The van der Waals surface area contributed by atoms with Crippen LogP contribution in [0.15, 0.2) is 18.2 Å². The number of aliphatic hydroxyl groups excluding tert-OH is 1. The number of benzene rings is 2. The van der Waals surface area contributed by atoms with Crippen LogP contribution in [0.25, 0.3) is 0 Å². The number of aryl methyl sites for hydroxylation is 1. The van der Waals surface area contributed by atoms with Gasteiger partial charge < -0.3 is 25.7 Å². The van der Waals surface area contributed by atoms with E-state index in [2.05, 4.69) is 5.32 Å². The Morgan fingerprint density at radius 1 is 0.917 bits per heavy atom. The number of aromatic hydroxyl groups is 3. The summed E-state index contributed by atoms with van der Waals surface area (Å²) in [4.78, 5) is 25.4. The van der Waals surface area contributed by atoms with E-state index in [-0.39, 0.29) is 46.8 Å². The van der Waals surface area contributed by atoms with Crippen LogP contribution in [0.2, 0.25) is 0 Å². The van der Waals surface area contributed by atoms with Gasteiger partial charge in [0.05, 0.1) is 17.7 Å². The van der Waals surface area contributed by atoms with Crippen LogP contribution >= 0.6 is 0 Å². The lowest BCUT2D eigenvalue weighted by molar-refractivity contribution is 0.0974. The molecule has 24 heavy (non-hydrogen) atoms. The molecular weight excluding hydrogens is 314 g/mol. The van der Waals surface area contributed by atoms with Gasteiger partial charge >= 0.3 is 0 Å². The fourth-order valence-electron chi connectivity index (χ4n) is 2.87. The minimum absolute atomic E-state index is 0.0277. The van der Waals surface area contributed by atoms with Gasteiger partial charge in [-0.1, -0.05) is 0 Å². The van der Waals surface area contributed by atoms with Gasteiger partial charge in [-0.15, -0.1) is 0 Å². The Kier molecular flexibility index (Phi) is 3.65. The topological polar surface area (TPSA) is 127 Å². The quantitative estimate of drug-likeness (QED) is 0.458. The van der Waals surface area contributed by atoms with Crippen molar-refractivity contribution in [2.75, 3.05) is 18.5 Å². The van der Waals surface area contributed by atoms with Gasteiger partial charge in [-0.25, -0.2) is 0 Å². The second kappa shape index (κ2) is 5.54. The lowest BCUT2D eigenvalue weighted by Gasteiger charge is -2.22. The first-order chi connectivity index (χ1) is 11.4. The standard InChI is InChI=1S/C17H15NO6/c1-7-4-8-12(10(20)5-7)16(23)13-9(15(8)22)6-11(21)14(17(13)24)18-2-3-19/h4-6,18-21,24H,2-3H2,1H3. The first-order valence-corrected chi connectivity index (χ1v) is 7.23. The highest BCUT2D eigenvalue weighted by Gasteiger charge is 2.36. The van der Waals surface area contributed by atoms with Gasteiger partial charge in [-0.2, -0.15) is 0 Å². The maximum atomic E-state index is 12.7. The molecule has 1 aliphatic carbocycles. The van der Waals surface area contributed by atoms with Crippen LogP contribution in [0.1, 0.15) is 37.4 Å². The van der Waals surface area contributed by atoms with Crippen LogP contribution in [0.5, 0.6) is 17.2 Å². The van der Waals surface area contributed by atoms with Crippen molar-refractivity contribution in [3.8, 4) is 17.2 Å². The highest BCUT2D eigenvalue weighted by molar-refractivity contribution is 6.31. The van der Waals surface area contributed by atoms with E-state index in [4.69, 9.17) is 5.11 Å². The van der Waals surface area contributed by atoms with E-state index >= 15 is 0 Å². The zero-order valence-electron chi connectivity index (χ0n) is 12.8. The summed E-state index contributed by atoms with van der Waals surface area (Å²) in [5, 5.41) is 41.9. The molecule has 0 aliphatic heterocycles. The smallest absolute Gasteiger partial charge is 0.202 e. The van der Waals surface area contributed by atoms with Gasteiger partial charge in [0.2, 0.25) is 5.78 Å². The summed E-state index contributed by atoms with van der Waals surface area (Å²) in [7, 11) is 0. The molecule has 0 amide bonds. The molecule has 0 fully saturated rings. The highest BCUT2D eigenvalue weighted by Crippen LogP contribution is 2.44. The number of hydrogen-bond donors (Lipinski definition) is 5. The molecule has 124 valence electrons. The second-order valence-electron chi connectivity index (χ2n) is 5.56. The number of aliphatic hydroxyl groups is 1. The molecule has 0 saturated carbocycles. The molecule has 1 aliphatic rings. The Morgan fingerprint density at radius 3 is 2.25 bits per heavy atom. The second-order valence-corrected chi connectivity index (χ2v) is 5.56. The van der Waals surface area contributed by atoms with Gasteiger partial charge in [0, 0.05) is 17.7 Å². The van der Waals surface area contributed by atoms with E-state index in [1.54, 1.807) is 6.92 Å². The first-order valence-electron chi connectivity index (χ1n) is 7.23. The molecule has 0 saturated heterocycles. The minimum Gasteiger partial charge on any atom is -0.507 e. The molecule has 0 atom stereocenters. The Hall–Kier alpha value is -3.06. The van der Waals surface area contributed by atoms with Crippen molar-refractivity contribution in [3.63, 3.8) is 0 Å². The van der Waals surface area contributed by atoms with Crippen LogP contribution in [0, 0.1) is 6.92 Å². The third-order valence-corrected chi connectivity index (χ3v) is 3.90. The van der Waals surface area contributed by atoms with Crippen LogP contribution < -0.4 is 5.32 Å². The Balaban J connectivity index is 2.27. The predicted molar refractivity (Wildman–Crippen MR) is 85.1 cm³/mol. The summed E-state index contributed by atoms with van der Waals surface area (Å²) in [6, 6.07) is 3.93. The van der Waals surface area contributed by atoms with Crippen LogP contribution in [0.4, 0.5) is 5.69 Å². The zero-order chi connectivity index (χ0) is 17.6. The predicted octanol–water partition coefficient (Wildman–Crippen LogP) is 1.29. The summed E-state index contributed by atoms with van der Waals surface area (Å²) in [5.74, 6) is -2.63. The third kappa shape index (κ3) is 2.17. The number of phenolic OH excluding ortho intramolecular Hbond substituents is 3. The Labute approximate surface area is 136 Å². The van der Waals surface area contributed by atoms with Crippen molar-refractivity contribution in [2.24, 2.45) is 0 Å². The number of nitrogens with one attached hydrogen (secondary N) is 1. The lowest BCUT2D eigenvalue weighted by atomic mass is 9.82. The molecule has 0 radical (unpaired) electrons. The minimum atomic E-state index is -0.707. The van der Waals surface area contributed by atoms with E-state index in [1.165, 1.54) is 12.1 Å². The highest BCUT2D eigenvalue weighted by atomic mass is 16.3. The largest absolute Gasteiger partial charge is 0.507 e. The van der Waals surface area contributed by atoms with Crippen molar-refractivity contribution in [3.05, 3.63) is 46.0 Å². The van der Waals surface area contributed by atoms with Gasteiger partial charge in [-0.3, -0.25) is 9.59 Å². The monoisotopic (exact) mass is 329 g/mol. The molecule has 7 nitrogen and oxygen atoms in total. The molecule has 0 unspecified atom stereocenters. The summed E-state index contributed by atoms with van der Waals surface area (Å²) >= 11 is 0. The van der Waals surface area contributed by atoms with E-state index in [9.17, 15) is 24.9 Å². The Bertz CT molecular complexity index is 887. The van der Waals surface area contributed by atoms with Gasteiger partial charge in [0.25, 0.3) is 0 Å². The van der Waals surface area contributed by atoms with E-state index in [1.807, 2.05) is 0 Å². The molecule has 2 aromatic rings. The van der Waals surface area contributed by atoms with Crippen molar-refractivity contribution in [1.29, 1.82) is 0 Å². The molecule has 2 aromatic carbocycles. The van der Waals surface area contributed by atoms with E-state index in [0.29, 0.717) is 5.56 Å². The number of phenols is 3. The SMILES string of the molecule is Cc1cc(O)c2c(c1)C(=O)c1cc(O)c(NCCO)c(O)c1C2=O. The molecule has 3 rings (SSSR count). The average Bonchev–Trinajstić information content (AvgIpc) is 2.51. The van der Waals surface area contributed by atoms with Crippen molar-refractivity contribution >= 4 is 17.3 Å². The normalized spacial score (nSPS) is 12.8. The molecule has 7 heteroatoms. The fraction of sp³-hybridized carbons (Fsp3) is 0.176. The van der Waals surface area contributed by atoms with E-state index in [0.717, 1.165) is 6.07 Å².